The maximum atomic E-state index is 11.9. The van der Waals surface area contributed by atoms with Crippen LogP contribution < -0.4 is 26.3 Å². The van der Waals surface area contributed by atoms with Crippen molar-refractivity contribution in [2.45, 2.75) is 0 Å². The van der Waals surface area contributed by atoms with Gasteiger partial charge in [-0.25, -0.2) is 4.79 Å². The Labute approximate surface area is 112 Å². The van der Waals surface area contributed by atoms with Gasteiger partial charge in [-0.3, -0.25) is 19.6 Å². The van der Waals surface area contributed by atoms with Crippen LogP contribution in [0.2, 0.25) is 0 Å². The van der Waals surface area contributed by atoms with Crippen molar-refractivity contribution in [2.24, 2.45) is 0 Å². The fourth-order valence-corrected chi connectivity index (χ4v) is 1.77. The maximum Gasteiger partial charge on any atom is 0.328 e. The van der Waals surface area contributed by atoms with Crippen molar-refractivity contribution >= 4 is 0 Å². The Morgan fingerprint density at radius 2 is 1.65 bits per heavy atom. The molecule has 0 saturated carbocycles. The van der Waals surface area contributed by atoms with Crippen LogP contribution in [0.1, 0.15) is 0 Å². The van der Waals surface area contributed by atoms with Crippen LogP contribution in [-0.2, 0) is 0 Å². The fourth-order valence-electron chi connectivity index (χ4n) is 1.77. The van der Waals surface area contributed by atoms with E-state index >= 15 is 0 Å². The molecule has 7 nitrogen and oxygen atoms in total. The highest BCUT2D eigenvalue weighted by molar-refractivity contribution is 5.71. The lowest BCUT2D eigenvalue weighted by molar-refractivity contribution is 0.404. The van der Waals surface area contributed by atoms with Gasteiger partial charge in [0, 0.05) is 11.6 Å². The standard InChI is InChI=1S/C13H12N2O5/c1-19-7-3-4-10(20-2)8(5-7)9-6-11(16)14-13(18)15-12(9)17/h3-6H,1-2H3,(H2,14,15,16,17,18). The molecule has 0 unspecified atom stereocenters. The first kappa shape index (κ1) is 13.6. The summed E-state index contributed by atoms with van der Waals surface area (Å²) in [5, 5.41) is 0. The summed E-state index contributed by atoms with van der Waals surface area (Å²) in [6.07, 6.45) is 0. The lowest BCUT2D eigenvalue weighted by Crippen LogP contribution is -2.19. The van der Waals surface area contributed by atoms with Gasteiger partial charge in [-0.05, 0) is 18.2 Å². The Kier molecular flexibility index (Phi) is 3.69. The van der Waals surface area contributed by atoms with E-state index in [1.165, 1.54) is 14.2 Å². The minimum absolute atomic E-state index is 0.0177. The molecule has 0 saturated heterocycles. The van der Waals surface area contributed by atoms with Crippen LogP contribution in [0.3, 0.4) is 0 Å². The summed E-state index contributed by atoms with van der Waals surface area (Å²) in [4.78, 5) is 38.7. The van der Waals surface area contributed by atoms with Gasteiger partial charge >= 0.3 is 5.69 Å². The molecule has 0 aliphatic carbocycles. The summed E-state index contributed by atoms with van der Waals surface area (Å²) in [7, 11) is 2.91. The Morgan fingerprint density at radius 1 is 0.900 bits per heavy atom. The van der Waals surface area contributed by atoms with Gasteiger partial charge in [0.15, 0.2) is 0 Å². The van der Waals surface area contributed by atoms with Gasteiger partial charge in [-0.2, -0.15) is 0 Å². The second kappa shape index (κ2) is 5.43. The zero-order valence-corrected chi connectivity index (χ0v) is 10.9. The first-order valence-corrected chi connectivity index (χ1v) is 5.65. The van der Waals surface area contributed by atoms with E-state index in [9.17, 15) is 14.4 Å². The minimum atomic E-state index is -0.867. The van der Waals surface area contributed by atoms with Crippen LogP contribution in [0.4, 0.5) is 0 Å². The molecule has 0 fully saturated rings. The van der Waals surface area contributed by atoms with Crippen LogP contribution in [0.5, 0.6) is 11.5 Å². The molecule has 0 bridgehead atoms. The number of aromatic amines is 2. The molecule has 0 radical (unpaired) electrons. The van der Waals surface area contributed by atoms with Crippen molar-refractivity contribution in [3.8, 4) is 22.6 Å². The molecule has 20 heavy (non-hydrogen) atoms. The predicted octanol–water partition coefficient (Wildman–Crippen LogP) is 0.108. The van der Waals surface area contributed by atoms with Crippen molar-refractivity contribution in [1.82, 2.24) is 9.97 Å². The number of hydrogen-bond donors (Lipinski definition) is 2. The van der Waals surface area contributed by atoms with Gasteiger partial charge in [0.05, 0.1) is 19.8 Å². The average molecular weight is 276 g/mol. The Balaban J connectivity index is 2.84. The molecule has 2 rings (SSSR count). The third-order valence-electron chi connectivity index (χ3n) is 2.68. The highest BCUT2D eigenvalue weighted by atomic mass is 16.5. The number of nitrogens with one attached hydrogen (secondary N) is 2. The minimum Gasteiger partial charge on any atom is -0.497 e. The molecule has 2 N–H and O–H groups in total. The van der Waals surface area contributed by atoms with E-state index in [-0.39, 0.29) is 5.56 Å². The quantitative estimate of drug-likeness (QED) is 0.828. The molecule has 7 heteroatoms. The largest absolute Gasteiger partial charge is 0.497 e. The second-order valence-corrected chi connectivity index (χ2v) is 3.90. The Hall–Kier alpha value is -2.83. The van der Waals surface area contributed by atoms with Gasteiger partial charge < -0.3 is 9.47 Å². The molecule has 2 aromatic rings. The fraction of sp³-hybridized carbons (Fsp3) is 0.154. The van der Waals surface area contributed by atoms with E-state index in [0.717, 1.165) is 6.07 Å². The maximum absolute atomic E-state index is 11.9. The second-order valence-electron chi connectivity index (χ2n) is 3.90. The van der Waals surface area contributed by atoms with Crippen molar-refractivity contribution in [1.29, 1.82) is 0 Å². The number of rotatable bonds is 3. The van der Waals surface area contributed by atoms with E-state index in [0.29, 0.717) is 17.1 Å². The summed E-state index contributed by atoms with van der Waals surface area (Å²) in [6, 6.07) is 5.85. The van der Waals surface area contributed by atoms with Gasteiger partial charge in [0.2, 0.25) is 0 Å². The van der Waals surface area contributed by atoms with Crippen LogP contribution >= 0.6 is 0 Å². The number of ether oxygens (including phenoxy) is 2. The molecule has 0 spiro atoms. The third-order valence-corrected chi connectivity index (χ3v) is 2.68. The van der Waals surface area contributed by atoms with Crippen LogP contribution in [-0.4, -0.2) is 24.2 Å². The lowest BCUT2D eigenvalue weighted by atomic mass is 10.1. The summed E-state index contributed by atoms with van der Waals surface area (Å²) >= 11 is 0. The number of H-pyrrole nitrogens is 2. The topological polar surface area (TPSA) is 101 Å². The van der Waals surface area contributed by atoms with Gasteiger partial charge in [0.25, 0.3) is 11.1 Å². The number of methoxy groups -OCH3 is 2. The van der Waals surface area contributed by atoms with Crippen molar-refractivity contribution in [3.05, 3.63) is 55.5 Å². The number of benzene rings is 1. The molecule has 0 aliphatic rings. The van der Waals surface area contributed by atoms with Crippen LogP contribution in [0.25, 0.3) is 11.1 Å². The highest BCUT2D eigenvalue weighted by Gasteiger charge is 2.11. The Bertz CT molecular complexity index is 807. The summed E-state index contributed by atoms with van der Waals surface area (Å²) in [5.74, 6) is 0.875. The molecule has 1 aromatic carbocycles. The zero-order valence-electron chi connectivity index (χ0n) is 10.9. The van der Waals surface area contributed by atoms with Crippen molar-refractivity contribution in [3.63, 3.8) is 0 Å². The van der Waals surface area contributed by atoms with Gasteiger partial charge in [-0.15, -0.1) is 0 Å². The van der Waals surface area contributed by atoms with E-state index in [1.807, 2.05) is 9.97 Å². The summed E-state index contributed by atoms with van der Waals surface area (Å²) in [6.45, 7) is 0. The van der Waals surface area contributed by atoms with E-state index in [2.05, 4.69) is 0 Å². The monoisotopic (exact) mass is 276 g/mol. The van der Waals surface area contributed by atoms with E-state index in [4.69, 9.17) is 9.47 Å². The van der Waals surface area contributed by atoms with E-state index < -0.39 is 16.8 Å². The first-order valence-electron chi connectivity index (χ1n) is 5.65. The lowest BCUT2D eigenvalue weighted by Gasteiger charge is -2.08. The highest BCUT2D eigenvalue weighted by Crippen LogP contribution is 2.30. The summed E-state index contributed by atoms with van der Waals surface area (Å²) < 4.78 is 10.2. The van der Waals surface area contributed by atoms with Crippen LogP contribution in [0.15, 0.2) is 38.6 Å². The molecule has 1 heterocycles. The van der Waals surface area contributed by atoms with Gasteiger partial charge in [-0.1, -0.05) is 0 Å². The van der Waals surface area contributed by atoms with Crippen molar-refractivity contribution < 1.29 is 9.47 Å². The molecule has 0 amide bonds. The zero-order chi connectivity index (χ0) is 14.7. The van der Waals surface area contributed by atoms with E-state index in [1.54, 1.807) is 18.2 Å². The summed E-state index contributed by atoms with van der Waals surface area (Å²) in [5.41, 5.74) is -1.88. The molecule has 104 valence electrons. The number of hydrogen-bond acceptors (Lipinski definition) is 5. The molecule has 1 aromatic heterocycles. The smallest absolute Gasteiger partial charge is 0.328 e. The molecular formula is C13H12N2O5. The van der Waals surface area contributed by atoms with Crippen LogP contribution in [0, 0.1) is 0 Å². The third kappa shape index (κ3) is 2.61. The molecular weight excluding hydrogens is 264 g/mol. The van der Waals surface area contributed by atoms with Gasteiger partial charge in [0.1, 0.15) is 11.5 Å². The predicted molar refractivity (Wildman–Crippen MR) is 72.5 cm³/mol. The van der Waals surface area contributed by atoms with Crippen molar-refractivity contribution in [2.75, 3.05) is 14.2 Å². The average Bonchev–Trinajstić information content (AvgIpc) is 2.55. The molecule has 0 aliphatic heterocycles. The first-order chi connectivity index (χ1) is 9.55. The molecule has 0 atom stereocenters. The normalized spacial score (nSPS) is 10.1. The number of aromatic nitrogens is 2. The Morgan fingerprint density at radius 3 is 2.30 bits per heavy atom. The SMILES string of the molecule is COc1ccc(OC)c(-c2cc(=O)[nH]c(=O)[nH]c2=O)c1.